The Hall–Kier alpha value is -1.02. The van der Waals surface area contributed by atoms with E-state index in [1.807, 2.05) is 12.1 Å². The first-order valence-electron chi connectivity index (χ1n) is 7.74. The zero-order valence-electron chi connectivity index (χ0n) is 12.2. The SMILES string of the molecule is CCNC1CCC(CC)CC1Cc1cccc(O)c1. The van der Waals surface area contributed by atoms with E-state index in [4.69, 9.17) is 0 Å². The van der Waals surface area contributed by atoms with Crippen LogP contribution < -0.4 is 5.32 Å². The standard InChI is InChI=1S/C17H27NO/c1-3-13-8-9-17(18-4-2)15(10-13)11-14-6-5-7-16(19)12-14/h5-7,12-13,15,17-19H,3-4,8-11H2,1-2H3. The molecule has 1 aliphatic carbocycles. The van der Waals surface area contributed by atoms with E-state index < -0.39 is 0 Å². The molecule has 106 valence electrons. The maximum atomic E-state index is 9.59. The van der Waals surface area contributed by atoms with Crippen molar-refractivity contribution in [3.8, 4) is 5.75 Å². The van der Waals surface area contributed by atoms with Crippen molar-refractivity contribution in [1.82, 2.24) is 5.32 Å². The molecular formula is C17H27NO. The molecule has 2 nitrogen and oxygen atoms in total. The minimum atomic E-state index is 0.389. The van der Waals surface area contributed by atoms with Crippen molar-refractivity contribution in [2.45, 2.75) is 52.0 Å². The fraction of sp³-hybridized carbons (Fsp3) is 0.647. The highest BCUT2D eigenvalue weighted by Gasteiger charge is 2.29. The molecule has 3 atom stereocenters. The number of hydrogen-bond acceptors (Lipinski definition) is 2. The van der Waals surface area contributed by atoms with Gasteiger partial charge in [0.25, 0.3) is 0 Å². The molecule has 0 heterocycles. The molecular weight excluding hydrogens is 234 g/mol. The highest BCUT2D eigenvalue weighted by molar-refractivity contribution is 5.27. The molecule has 0 bridgehead atoms. The molecule has 2 heteroatoms. The monoisotopic (exact) mass is 261 g/mol. The molecule has 1 aliphatic rings. The van der Waals surface area contributed by atoms with Gasteiger partial charge in [0.2, 0.25) is 0 Å². The zero-order valence-corrected chi connectivity index (χ0v) is 12.2. The smallest absolute Gasteiger partial charge is 0.115 e. The molecule has 19 heavy (non-hydrogen) atoms. The Morgan fingerprint density at radius 3 is 2.79 bits per heavy atom. The van der Waals surface area contributed by atoms with Gasteiger partial charge in [-0.15, -0.1) is 0 Å². The Labute approximate surface area is 117 Å². The predicted molar refractivity (Wildman–Crippen MR) is 80.4 cm³/mol. The van der Waals surface area contributed by atoms with E-state index in [1.54, 1.807) is 6.07 Å². The molecule has 1 saturated carbocycles. The quantitative estimate of drug-likeness (QED) is 0.846. The summed E-state index contributed by atoms with van der Waals surface area (Å²) >= 11 is 0. The summed E-state index contributed by atoms with van der Waals surface area (Å²) in [6.07, 6.45) is 6.38. The van der Waals surface area contributed by atoms with Crippen LogP contribution in [-0.4, -0.2) is 17.7 Å². The number of hydrogen-bond donors (Lipinski definition) is 2. The van der Waals surface area contributed by atoms with Crippen LogP contribution in [-0.2, 0) is 6.42 Å². The van der Waals surface area contributed by atoms with Gasteiger partial charge in [0.1, 0.15) is 5.75 Å². The van der Waals surface area contributed by atoms with Crippen LogP contribution in [0.25, 0.3) is 0 Å². The molecule has 0 radical (unpaired) electrons. The Balaban J connectivity index is 2.04. The lowest BCUT2D eigenvalue weighted by atomic mass is 9.74. The molecule has 1 aromatic carbocycles. The largest absolute Gasteiger partial charge is 0.508 e. The lowest BCUT2D eigenvalue weighted by molar-refractivity contribution is 0.200. The van der Waals surface area contributed by atoms with Crippen LogP contribution in [0.4, 0.5) is 0 Å². The maximum absolute atomic E-state index is 9.59. The normalized spacial score (nSPS) is 27.4. The lowest BCUT2D eigenvalue weighted by Crippen LogP contribution is -2.41. The summed E-state index contributed by atoms with van der Waals surface area (Å²) in [4.78, 5) is 0. The lowest BCUT2D eigenvalue weighted by Gasteiger charge is -2.36. The molecule has 3 unspecified atom stereocenters. The van der Waals surface area contributed by atoms with E-state index in [0.717, 1.165) is 18.9 Å². The van der Waals surface area contributed by atoms with E-state index in [9.17, 15) is 5.11 Å². The van der Waals surface area contributed by atoms with Crippen molar-refractivity contribution in [1.29, 1.82) is 0 Å². The first-order valence-corrected chi connectivity index (χ1v) is 7.74. The molecule has 0 spiro atoms. The second-order valence-electron chi connectivity index (χ2n) is 5.89. The number of benzene rings is 1. The molecule has 2 rings (SSSR count). The third-order valence-electron chi connectivity index (χ3n) is 4.54. The van der Waals surface area contributed by atoms with Crippen LogP contribution in [0, 0.1) is 11.8 Å². The molecule has 0 aliphatic heterocycles. The van der Waals surface area contributed by atoms with Gasteiger partial charge in [0.05, 0.1) is 0 Å². The van der Waals surface area contributed by atoms with Gasteiger partial charge in [-0.3, -0.25) is 0 Å². The van der Waals surface area contributed by atoms with Gasteiger partial charge in [-0.1, -0.05) is 32.4 Å². The molecule has 0 amide bonds. The third kappa shape index (κ3) is 3.97. The van der Waals surface area contributed by atoms with E-state index in [0.29, 0.717) is 17.7 Å². The van der Waals surface area contributed by atoms with Crippen molar-refractivity contribution in [2.24, 2.45) is 11.8 Å². The predicted octanol–water partition coefficient (Wildman–Crippen LogP) is 3.74. The van der Waals surface area contributed by atoms with Crippen LogP contribution in [0.15, 0.2) is 24.3 Å². The Kier molecular flexibility index (Phi) is 5.26. The second-order valence-corrected chi connectivity index (χ2v) is 5.89. The summed E-state index contributed by atoms with van der Waals surface area (Å²) in [6.45, 7) is 5.55. The fourth-order valence-electron chi connectivity index (χ4n) is 3.47. The third-order valence-corrected chi connectivity index (χ3v) is 4.54. The topological polar surface area (TPSA) is 32.3 Å². The summed E-state index contributed by atoms with van der Waals surface area (Å²) in [5.41, 5.74) is 1.27. The van der Waals surface area contributed by atoms with Gasteiger partial charge >= 0.3 is 0 Å². The molecule has 2 N–H and O–H groups in total. The molecule has 0 saturated heterocycles. The molecule has 1 aromatic rings. The van der Waals surface area contributed by atoms with Crippen LogP contribution in [0.1, 0.15) is 45.1 Å². The minimum Gasteiger partial charge on any atom is -0.508 e. The minimum absolute atomic E-state index is 0.389. The summed E-state index contributed by atoms with van der Waals surface area (Å²) in [5.74, 6) is 1.98. The Bertz CT molecular complexity index is 391. The van der Waals surface area contributed by atoms with Crippen molar-refractivity contribution in [2.75, 3.05) is 6.54 Å². The highest BCUT2D eigenvalue weighted by Crippen LogP contribution is 2.33. The van der Waals surface area contributed by atoms with Gasteiger partial charge in [-0.2, -0.15) is 0 Å². The van der Waals surface area contributed by atoms with Crippen LogP contribution in [0.2, 0.25) is 0 Å². The number of phenols is 1. The van der Waals surface area contributed by atoms with Crippen LogP contribution in [0.3, 0.4) is 0 Å². The number of rotatable bonds is 5. The van der Waals surface area contributed by atoms with Gasteiger partial charge < -0.3 is 10.4 Å². The Morgan fingerprint density at radius 1 is 1.26 bits per heavy atom. The summed E-state index contributed by atoms with van der Waals surface area (Å²) in [5, 5.41) is 13.2. The van der Waals surface area contributed by atoms with Crippen molar-refractivity contribution in [3.63, 3.8) is 0 Å². The van der Waals surface area contributed by atoms with Crippen molar-refractivity contribution < 1.29 is 5.11 Å². The summed E-state index contributed by atoms with van der Waals surface area (Å²) in [7, 11) is 0. The van der Waals surface area contributed by atoms with Crippen LogP contribution in [0.5, 0.6) is 5.75 Å². The van der Waals surface area contributed by atoms with E-state index in [1.165, 1.54) is 31.2 Å². The van der Waals surface area contributed by atoms with Gasteiger partial charge in [-0.05, 0) is 61.8 Å². The van der Waals surface area contributed by atoms with E-state index in [2.05, 4.69) is 25.2 Å². The van der Waals surface area contributed by atoms with Crippen molar-refractivity contribution >= 4 is 0 Å². The zero-order chi connectivity index (χ0) is 13.7. The molecule has 1 fully saturated rings. The Morgan fingerprint density at radius 2 is 2.11 bits per heavy atom. The average molecular weight is 261 g/mol. The maximum Gasteiger partial charge on any atom is 0.115 e. The highest BCUT2D eigenvalue weighted by atomic mass is 16.3. The first kappa shape index (κ1) is 14.4. The molecule has 0 aromatic heterocycles. The van der Waals surface area contributed by atoms with E-state index in [-0.39, 0.29) is 0 Å². The second kappa shape index (κ2) is 6.95. The van der Waals surface area contributed by atoms with Crippen LogP contribution >= 0.6 is 0 Å². The van der Waals surface area contributed by atoms with Gasteiger partial charge in [0.15, 0.2) is 0 Å². The summed E-state index contributed by atoms with van der Waals surface area (Å²) < 4.78 is 0. The fourth-order valence-corrected chi connectivity index (χ4v) is 3.47. The van der Waals surface area contributed by atoms with Gasteiger partial charge in [0, 0.05) is 6.04 Å². The van der Waals surface area contributed by atoms with Gasteiger partial charge in [-0.25, -0.2) is 0 Å². The number of aromatic hydroxyl groups is 1. The number of nitrogens with one attached hydrogen (secondary N) is 1. The first-order chi connectivity index (χ1) is 9.22. The van der Waals surface area contributed by atoms with Crippen molar-refractivity contribution in [3.05, 3.63) is 29.8 Å². The average Bonchev–Trinajstić information content (AvgIpc) is 2.41. The number of phenolic OH excluding ortho intramolecular Hbond substituents is 1. The summed E-state index contributed by atoms with van der Waals surface area (Å²) in [6, 6.07) is 8.40. The van der Waals surface area contributed by atoms with E-state index >= 15 is 0 Å².